The van der Waals surface area contributed by atoms with Gasteiger partial charge in [0.25, 0.3) is 0 Å². The molecule has 3 nitrogen and oxygen atoms in total. The molecule has 0 unspecified atom stereocenters. The number of hydrogen-bond acceptors (Lipinski definition) is 2. The van der Waals surface area contributed by atoms with Crippen molar-refractivity contribution in [3.63, 3.8) is 0 Å². The van der Waals surface area contributed by atoms with Gasteiger partial charge in [0.2, 0.25) is 0 Å². The molecule has 0 saturated carbocycles. The molecule has 3 heteroatoms. The lowest BCUT2D eigenvalue weighted by molar-refractivity contribution is 0.456. The summed E-state index contributed by atoms with van der Waals surface area (Å²) in [7, 11) is 0. The smallest absolute Gasteiger partial charge is 0.145 e. The predicted octanol–water partition coefficient (Wildman–Crippen LogP) is 1.83. The third-order valence-electron chi connectivity index (χ3n) is 1.79. The summed E-state index contributed by atoms with van der Waals surface area (Å²) < 4.78 is 1.92. The summed E-state index contributed by atoms with van der Waals surface area (Å²) >= 11 is 0. The van der Waals surface area contributed by atoms with Crippen LogP contribution in [0.5, 0.6) is 0 Å². The van der Waals surface area contributed by atoms with E-state index < -0.39 is 0 Å². The van der Waals surface area contributed by atoms with Crippen molar-refractivity contribution in [1.82, 2.24) is 9.78 Å². The topological polar surface area (TPSA) is 43.8 Å². The molecule has 0 fully saturated rings. The van der Waals surface area contributed by atoms with Crippen molar-refractivity contribution in [2.75, 3.05) is 5.73 Å². The predicted molar refractivity (Wildman–Crippen MR) is 46.3 cm³/mol. The van der Waals surface area contributed by atoms with Crippen LogP contribution in [-0.4, -0.2) is 9.78 Å². The Hall–Kier alpha value is -0.990. The second kappa shape index (κ2) is 3.42. The minimum atomic E-state index is 0.470. The maximum Gasteiger partial charge on any atom is 0.145 e. The average molecular weight is 153 g/mol. The van der Waals surface area contributed by atoms with E-state index in [0.717, 1.165) is 6.42 Å². The van der Waals surface area contributed by atoms with Crippen LogP contribution in [0.2, 0.25) is 0 Å². The molecule has 1 atom stereocenters. The largest absolute Gasteiger partial charge is 0.382 e. The van der Waals surface area contributed by atoms with Crippen molar-refractivity contribution in [2.45, 2.75) is 32.7 Å². The monoisotopic (exact) mass is 153 g/mol. The number of nitrogen functional groups attached to an aromatic ring is 1. The number of nitrogens with zero attached hydrogens (tertiary/aromatic N) is 2. The molecule has 0 aliphatic carbocycles. The Balaban J connectivity index is 2.60. The number of aromatic nitrogens is 2. The summed E-state index contributed by atoms with van der Waals surface area (Å²) in [4.78, 5) is 0. The van der Waals surface area contributed by atoms with E-state index in [-0.39, 0.29) is 0 Å². The molecule has 0 saturated heterocycles. The molecule has 11 heavy (non-hydrogen) atoms. The molecule has 2 N–H and O–H groups in total. The fourth-order valence-corrected chi connectivity index (χ4v) is 1.15. The van der Waals surface area contributed by atoms with Gasteiger partial charge in [-0.05, 0) is 19.4 Å². The molecule has 0 aliphatic heterocycles. The highest BCUT2D eigenvalue weighted by Crippen LogP contribution is 2.12. The minimum Gasteiger partial charge on any atom is -0.382 e. The summed E-state index contributed by atoms with van der Waals surface area (Å²) in [5.41, 5.74) is 5.48. The first-order chi connectivity index (χ1) is 5.24. The second-order valence-electron chi connectivity index (χ2n) is 2.86. The molecule has 0 spiro atoms. The van der Waals surface area contributed by atoms with Crippen molar-refractivity contribution < 1.29 is 0 Å². The number of hydrogen-bond donors (Lipinski definition) is 1. The molecule has 1 heterocycles. The number of rotatable bonds is 3. The SMILES string of the molecule is CCC[C@@H](C)n1ccc(N)n1. The van der Waals surface area contributed by atoms with Gasteiger partial charge < -0.3 is 5.73 Å². The Kier molecular flexibility index (Phi) is 2.52. The van der Waals surface area contributed by atoms with Gasteiger partial charge in [0.1, 0.15) is 5.82 Å². The zero-order chi connectivity index (χ0) is 8.27. The molecule has 1 rings (SSSR count). The van der Waals surface area contributed by atoms with E-state index in [1.54, 1.807) is 0 Å². The standard InChI is InChI=1S/C8H15N3/c1-3-4-7(2)11-6-5-8(9)10-11/h5-7H,3-4H2,1-2H3,(H2,9,10)/t7-/m1/s1. The summed E-state index contributed by atoms with van der Waals surface area (Å²) in [6.45, 7) is 4.32. The Morgan fingerprint density at radius 2 is 2.45 bits per heavy atom. The van der Waals surface area contributed by atoms with Crippen molar-refractivity contribution in [3.05, 3.63) is 12.3 Å². The van der Waals surface area contributed by atoms with Crippen LogP contribution < -0.4 is 5.73 Å². The zero-order valence-electron chi connectivity index (χ0n) is 7.12. The van der Waals surface area contributed by atoms with E-state index in [4.69, 9.17) is 5.73 Å². The molecule has 62 valence electrons. The molecular weight excluding hydrogens is 138 g/mol. The van der Waals surface area contributed by atoms with Crippen molar-refractivity contribution in [3.8, 4) is 0 Å². The highest BCUT2D eigenvalue weighted by Gasteiger charge is 2.02. The Labute approximate surface area is 67.2 Å². The van der Waals surface area contributed by atoms with Crippen LogP contribution in [0.15, 0.2) is 12.3 Å². The average Bonchev–Trinajstić information content (AvgIpc) is 2.36. The van der Waals surface area contributed by atoms with E-state index in [9.17, 15) is 0 Å². The van der Waals surface area contributed by atoms with E-state index >= 15 is 0 Å². The van der Waals surface area contributed by atoms with Crippen molar-refractivity contribution >= 4 is 5.82 Å². The van der Waals surface area contributed by atoms with Gasteiger partial charge in [-0.25, -0.2) is 0 Å². The fraction of sp³-hybridized carbons (Fsp3) is 0.625. The quantitative estimate of drug-likeness (QED) is 0.719. The highest BCUT2D eigenvalue weighted by atomic mass is 15.3. The van der Waals surface area contributed by atoms with Gasteiger partial charge in [-0.1, -0.05) is 13.3 Å². The van der Waals surface area contributed by atoms with E-state index in [1.165, 1.54) is 6.42 Å². The Morgan fingerprint density at radius 3 is 2.91 bits per heavy atom. The third kappa shape index (κ3) is 1.97. The van der Waals surface area contributed by atoms with Crippen LogP contribution in [0.4, 0.5) is 5.82 Å². The van der Waals surface area contributed by atoms with Crippen molar-refractivity contribution in [2.24, 2.45) is 0 Å². The third-order valence-corrected chi connectivity index (χ3v) is 1.79. The lowest BCUT2D eigenvalue weighted by Crippen LogP contribution is -2.05. The van der Waals surface area contributed by atoms with Gasteiger partial charge in [0.15, 0.2) is 0 Å². The van der Waals surface area contributed by atoms with E-state index in [0.29, 0.717) is 11.9 Å². The lowest BCUT2D eigenvalue weighted by atomic mass is 10.2. The summed E-state index contributed by atoms with van der Waals surface area (Å²) in [5.74, 6) is 0.605. The van der Waals surface area contributed by atoms with Gasteiger partial charge in [-0.3, -0.25) is 4.68 Å². The van der Waals surface area contributed by atoms with Gasteiger partial charge >= 0.3 is 0 Å². The summed E-state index contributed by atoms with van der Waals surface area (Å²) in [6.07, 6.45) is 4.26. The van der Waals surface area contributed by atoms with Crippen molar-refractivity contribution in [1.29, 1.82) is 0 Å². The Bertz CT molecular complexity index is 217. The summed E-state index contributed by atoms with van der Waals surface area (Å²) in [5, 5.41) is 4.12. The molecule has 0 aromatic carbocycles. The highest BCUT2D eigenvalue weighted by molar-refractivity contribution is 5.23. The number of anilines is 1. The van der Waals surface area contributed by atoms with E-state index in [1.807, 2.05) is 16.9 Å². The van der Waals surface area contributed by atoms with Crippen LogP contribution in [0.3, 0.4) is 0 Å². The Morgan fingerprint density at radius 1 is 1.73 bits per heavy atom. The first kappa shape index (κ1) is 8.11. The van der Waals surface area contributed by atoms with Gasteiger partial charge in [0.05, 0.1) is 0 Å². The van der Waals surface area contributed by atoms with Gasteiger partial charge in [-0.2, -0.15) is 5.10 Å². The second-order valence-corrected chi connectivity index (χ2v) is 2.86. The van der Waals surface area contributed by atoms with Gasteiger partial charge in [0, 0.05) is 12.2 Å². The fourth-order valence-electron chi connectivity index (χ4n) is 1.15. The van der Waals surface area contributed by atoms with Crippen LogP contribution in [0.25, 0.3) is 0 Å². The van der Waals surface area contributed by atoms with Crippen LogP contribution in [-0.2, 0) is 0 Å². The molecule has 0 bridgehead atoms. The van der Waals surface area contributed by atoms with Crippen LogP contribution in [0.1, 0.15) is 32.7 Å². The van der Waals surface area contributed by atoms with E-state index in [2.05, 4.69) is 18.9 Å². The summed E-state index contributed by atoms with van der Waals surface area (Å²) in [6, 6.07) is 2.30. The first-order valence-corrected chi connectivity index (χ1v) is 4.04. The molecular formula is C8H15N3. The lowest BCUT2D eigenvalue weighted by Gasteiger charge is -2.09. The number of nitrogens with two attached hydrogens (primary N) is 1. The maximum absolute atomic E-state index is 5.48. The molecule has 0 radical (unpaired) electrons. The minimum absolute atomic E-state index is 0.470. The normalized spacial score (nSPS) is 13.3. The maximum atomic E-state index is 5.48. The molecule has 1 aromatic rings. The zero-order valence-corrected chi connectivity index (χ0v) is 7.12. The molecule has 1 aromatic heterocycles. The van der Waals surface area contributed by atoms with Crippen LogP contribution in [0, 0.1) is 0 Å². The molecule has 0 amide bonds. The first-order valence-electron chi connectivity index (χ1n) is 4.04. The molecule has 0 aliphatic rings. The van der Waals surface area contributed by atoms with Gasteiger partial charge in [-0.15, -0.1) is 0 Å². The van der Waals surface area contributed by atoms with Crippen LogP contribution >= 0.6 is 0 Å².